The smallest absolute Gasteiger partial charge is 0.219 e. The molecule has 0 bridgehead atoms. The van der Waals surface area contributed by atoms with Crippen LogP contribution in [0.25, 0.3) is 0 Å². The molecule has 14 heavy (non-hydrogen) atoms. The summed E-state index contributed by atoms with van der Waals surface area (Å²) in [7, 11) is 0. The molecule has 0 atom stereocenters. The van der Waals surface area contributed by atoms with Crippen LogP contribution in [0.5, 0.6) is 0 Å². The predicted molar refractivity (Wildman–Crippen MR) is 59.2 cm³/mol. The van der Waals surface area contributed by atoms with E-state index < -0.39 is 0 Å². The van der Waals surface area contributed by atoms with E-state index in [1.54, 1.807) is 0 Å². The van der Waals surface area contributed by atoms with Gasteiger partial charge in [0.1, 0.15) is 0 Å². The number of hydrogen-bond donors (Lipinski definition) is 1. The Hall–Kier alpha value is -0.530. The van der Waals surface area contributed by atoms with Crippen molar-refractivity contribution < 1.29 is 4.79 Å². The molecule has 0 aromatic carbocycles. The van der Waals surface area contributed by atoms with Crippen LogP contribution in [-0.4, -0.2) is 12.5 Å². The molecule has 82 valence electrons. The molecule has 1 saturated heterocycles. The summed E-state index contributed by atoms with van der Waals surface area (Å²) in [6.07, 6.45) is 13.2. The predicted octanol–water partition coefficient (Wildman–Crippen LogP) is 3.02. The van der Waals surface area contributed by atoms with Crippen molar-refractivity contribution in [3.63, 3.8) is 0 Å². The molecule has 1 aliphatic carbocycles. The van der Waals surface area contributed by atoms with E-state index in [2.05, 4.69) is 5.32 Å². The van der Waals surface area contributed by atoms with Gasteiger partial charge >= 0.3 is 0 Å². The first-order chi connectivity index (χ1) is 6.89. The molecule has 1 saturated carbocycles. The van der Waals surface area contributed by atoms with Crippen molar-refractivity contribution in [3.8, 4) is 0 Å². The first-order valence-electron chi connectivity index (χ1n) is 6.16. The Morgan fingerprint density at radius 1 is 0.714 bits per heavy atom. The Morgan fingerprint density at radius 3 is 1.79 bits per heavy atom. The lowest BCUT2D eigenvalue weighted by Crippen LogP contribution is -2.21. The van der Waals surface area contributed by atoms with Gasteiger partial charge in [0, 0.05) is 13.0 Å². The zero-order chi connectivity index (χ0) is 10.1. The van der Waals surface area contributed by atoms with Crippen LogP contribution in [0.15, 0.2) is 0 Å². The van der Waals surface area contributed by atoms with Crippen LogP contribution in [0.1, 0.15) is 64.2 Å². The highest BCUT2D eigenvalue weighted by Crippen LogP contribution is 2.15. The van der Waals surface area contributed by atoms with Crippen LogP contribution in [0.4, 0.5) is 0 Å². The maximum Gasteiger partial charge on any atom is 0.219 e. The van der Waals surface area contributed by atoms with E-state index in [4.69, 9.17) is 0 Å². The number of nitrogens with one attached hydrogen (secondary N) is 1. The molecule has 1 amide bonds. The lowest BCUT2D eigenvalue weighted by Gasteiger charge is -2.05. The van der Waals surface area contributed by atoms with Gasteiger partial charge in [-0.3, -0.25) is 4.79 Å². The maximum absolute atomic E-state index is 10.6. The second-order valence-corrected chi connectivity index (χ2v) is 4.28. The van der Waals surface area contributed by atoms with E-state index in [1.165, 1.54) is 44.9 Å². The first kappa shape index (κ1) is 11.5. The summed E-state index contributed by atoms with van der Waals surface area (Å²) in [6, 6.07) is 0. The Balaban J connectivity index is 0.000000146. The molecule has 1 aliphatic heterocycles. The molecule has 2 fully saturated rings. The number of amides is 1. The maximum atomic E-state index is 10.6. The molecule has 2 nitrogen and oxygen atoms in total. The lowest BCUT2D eigenvalue weighted by atomic mass is 10.0. The van der Waals surface area contributed by atoms with E-state index in [0.29, 0.717) is 0 Å². The molecular weight excluding hydrogens is 174 g/mol. The first-order valence-corrected chi connectivity index (χ1v) is 6.16. The van der Waals surface area contributed by atoms with Gasteiger partial charge in [-0.15, -0.1) is 0 Å². The van der Waals surface area contributed by atoms with Crippen molar-refractivity contribution in [3.05, 3.63) is 0 Å². The van der Waals surface area contributed by atoms with E-state index in [1.807, 2.05) is 0 Å². The third-order valence-corrected chi connectivity index (χ3v) is 2.90. The summed E-state index contributed by atoms with van der Waals surface area (Å²) in [4.78, 5) is 10.6. The topological polar surface area (TPSA) is 29.1 Å². The fraction of sp³-hybridized carbons (Fsp3) is 0.917. The molecule has 2 heteroatoms. The minimum Gasteiger partial charge on any atom is -0.356 e. The molecule has 0 radical (unpaired) electrons. The quantitative estimate of drug-likeness (QED) is 0.635. The van der Waals surface area contributed by atoms with Crippen LogP contribution < -0.4 is 5.32 Å². The zero-order valence-electron chi connectivity index (χ0n) is 9.19. The summed E-state index contributed by atoms with van der Waals surface area (Å²) < 4.78 is 0. The minimum atomic E-state index is 0.225. The summed E-state index contributed by atoms with van der Waals surface area (Å²) in [5.74, 6) is 0.225. The standard InChI is InChI=1S/C6H11NO.C6H12/c8-6-4-2-1-3-5-7-6;1-2-4-6-5-3-1/h1-5H2,(H,7,8);1-6H2. The summed E-state index contributed by atoms with van der Waals surface area (Å²) in [5.41, 5.74) is 0. The monoisotopic (exact) mass is 197 g/mol. The molecule has 0 aromatic heterocycles. The van der Waals surface area contributed by atoms with E-state index in [-0.39, 0.29) is 5.91 Å². The summed E-state index contributed by atoms with van der Waals surface area (Å²) >= 11 is 0. The van der Waals surface area contributed by atoms with Crippen molar-refractivity contribution in [2.45, 2.75) is 64.2 Å². The highest BCUT2D eigenvalue weighted by molar-refractivity contribution is 5.75. The fourth-order valence-corrected chi connectivity index (χ4v) is 1.96. The van der Waals surface area contributed by atoms with Crippen molar-refractivity contribution in [2.24, 2.45) is 0 Å². The van der Waals surface area contributed by atoms with Gasteiger partial charge in [0.2, 0.25) is 5.91 Å². The van der Waals surface area contributed by atoms with Gasteiger partial charge in [0.25, 0.3) is 0 Å². The lowest BCUT2D eigenvalue weighted by molar-refractivity contribution is -0.120. The van der Waals surface area contributed by atoms with Crippen LogP contribution >= 0.6 is 0 Å². The minimum absolute atomic E-state index is 0.225. The third kappa shape index (κ3) is 6.01. The van der Waals surface area contributed by atoms with Crippen LogP contribution in [0.3, 0.4) is 0 Å². The number of carbonyl (C=O) groups excluding carboxylic acids is 1. The number of hydrogen-bond acceptors (Lipinski definition) is 1. The van der Waals surface area contributed by atoms with Gasteiger partial charge in [0.05, 0.1) is 0 Å². The molecule has 0 spiro atoms. The van der Waals surface area contributed by atoms with E-state index >= 15 is 0 Å². The van der Waals surface area contributed by atoms with Crippen LogP contribution in [0, 0.1) is 0 Å². The van der Waals surface area contributed by atoms with Crippen molar-refractivity contribution >= 4 is 5.91 Å². The Kier molecular flexibility index (Phi) is 6.46. The normalized spacial score (nSPS) is 22.7. The summed E-state index contributed by atoms with van der Waals surface area (Å²) in [6.45, 7) is 0.888. The molecule has 0 aromatic rings. The van der Waals surface area contributed by atoms with Gasteiger partial charge in [0.15, 0.2) is 0 Å². The zero-order valence-corrected chi connectivity index (χ0v) is 9.19. The Labute approximate surface area is 87.5 Å². The third-order valence-electron chi connectivity index (χ3n) is 2.90. The molecule has 0 unspecified atom stereocenters. The molecular formula is C12H23NO. The van der Waals surface area contributed by atoms with E-state index in [0.717, 1.165) is 25.8 Å². The summed E-state index contributed by atoms with van der Waals surface area (Å²) in [5, 5.41) is 2.81. The number of carbonyl (C=O) groups is 1. The largest absolute Gasteiger partial charge is 0.356 e. The Morgan fingerprint density at radius 2 is 1.21 bits per heavy atom. The second kappa shape index (κ2) is 7.84. The Bertz CT molecular complexity index is 131. The van der Waals surface area contributed by atoms with Gasteiger partial charge < -0.3 is 5.32 Å². The highest BCUT2D eigenvalue weighted by atomic mass is 16.1. The van der Waals surface area contributed by atoms with E-state index in [9.17, 15) is 4.79 Å². The molecule has 2 rings (SSSR count). The molecule has 2 aliphatic rings. The fourth-order valence-electron chi connectivity index (χ4n) is 1.96. The second-order valence-electron chi connectivity index (χ2n) is 4.28. The number of rotatable bonds is 0. The highest BCUT2D eigenvalue weighted by Gasteiger charge is 2.03. The van der Waals surface area contributed by atoms with Crippen LogP contribution in [-0.2, 0) is 4.79 Å². The van der Waals surface area contributed by atoms with Crippen molar-refractivity contribution in [1.82, 2.24) is 5.32 Å². The SMILES string of the molecule is C1CCCCC1.O=C1CCCCCN1. The van der Waals surface area contributed by atoms with Crippen LogP contribution in [0.2, 0.25) is 0 Å². The average molecular weight is 197 g/mol. The van der Waals surface area contributed by atoms with Gasteiger partial charge in [-0.2, -0.15) is 0 Å². The van der Waals surface area contributed by atoms with Crippen molar-refractivity contribution in [1.29, 1.82) is 0 Å². The average Bonchev–Trinajstić information content (AvgIpc) is 2.49. The molecule has 1 N–H and O–H groups in total. The van der Waals surface area contributed by atoms with Gasteiger partial charge in [-0.05, 0) is 12.8 Å². The molecule has 1 heterocycles. The van der Waals surface area contributed by atoms with Crippen molar-refractivity contribution in [2.75, 3.05) is 6.54 Å². The van der Waals surface area contributed by atoms with Gasteiger partial charge in [-0.25, -0.2) is 0 Å². The van der Waals surface area contributed by atoms with Gasteiger partial charge in [-0.1, -0.05) is 44.9 Å².